The van der Waals surface area contributed by atoms with E-state index in [-0.39, 0.29) is 0 Å². The summed E-state index contributed by atoms with van der Waals surface area (Å²) in [5.74, 6) is 0.922. The van der Waals surface area contributed by atoms with Crippen molar-refractivity contribution in [2.45, 2.75) is 38.5 Å². The Labute approximate surface area is 178 Å². The molecular weight excluding hydrogens is 368 g/mol. The third-order valence-corrected chi connectivity index (χ3v) is 6.16. The lowest BCUT2D eigenvalue weighted by atomic mass is 9.94. The fourth-order valence-electron chi connectivity index (χ4n) is 4.57. The van der Waals surface area contributed by atoms with Crippen molar-refractivity contribution in [2.24, 2.45) is 0 Å². The highest BCUT2D eigenvalue weighted by molar-refractivity contribution is 5.84. The summed E-state index contributed by atoms with van der Waals surface area (Å²) in [7, 11) is 0. The topological polar surface area (TPSA) is 28.3 Å². The van der Waals surface area contributed by atoms with Gasteiger partial charge in [-0.05, 0) is 54.3 Å². The van der Waals surface area contributed by atoms with Crippen molar-refractivity contribution < 1.29 is 4.74 Å². The zero-order chi connectivity index (χ0) is 20.2. The highest BCUT2D eigenvalue weighted by Gasteiger charge is 2.24. The number of ether oxygens (including phenoxy) is 1. The predicted molar refractivity (Wildman–Crippen MR) is 123 cm³/mol. The van der Waals surface area contributed by atoms with Gasteiger partial charge in [0.2, 0.25) is 0 Å². The Balaban J connectivity index is 1.36. The van der Waals surface area contributed by atoms with Crippen LogP contribution in [0.25, 0.3) is 10.9 Å². The molecular formula is C27H28N2O. The number of hydrogen-bond acceptors (Lipinski definition) is 2. The molecule has 1 fully saturated rings. The van der Waals surface area contributed by atoms with Gasteiger partial charge in [0.1, 0.15) is 12.4 Å². The molecule has 0 aliphatic carbocycles. The van der Waals surface area contributed by atoms with Crippen LogP contribution >= 0.6 is 0 Å². The molecule has 2 heterocycles. The van der Waals surface area contributed by atoms with Crippen molar-refractivity contribution in [3.63, 3.8) is 0 Å². The Morgan fingerprint density at radius 3 is 2.53 bits per heavy atom. The third kappa shape index (κ3) is 4.12. The number of piperidine rings is 1. The number of aromatic amines is 1. The molecule has 3 aromatic carbocycles. The molecule has 1 aliphatic rings. The molecule has 4 aromatic rings. The molecule has 1 saturated heterocycles. The highest BCUT2D eigenvalue weighted by atomic mass is 16.5. The SMILES string of the molecule is c1ccc(COc2ccc3[nH]cc(CN4CCCCC4c4ccccc4)c3c2)cc1. The number of likely N-dealkylation sites (tertiary alicyclic amines) is 1. The number of benzene rings is 3. The summed E-state index contributed by atoms with van der Waals surface area (Å²) in [6, 6.07) is 28.2. The Morgan fingerprint density at radius 1 is 0.900 bits per heavy atom. The Bertz CT molecular complexity index is 1090. The minimum Gasteiger partial charge on any atom is -0.489 e. The Kier molecular flexibility index (Phi) is 5.54. The second-order valence-electron chi connectivity index (χ2n) is 8.19. The van der Waals surface area contributed by atoms with E-state index >= 15 is 0 Å². The van der Waals surface area contributed by atoms with Crippen LogP contribution in [0, 0.1) is 0 Å². The smallest absolute Gasteiger partial charge is 0.120 e. The molecule has 152 valence electrons. The molecule has 3 nitrogen and oxygen atoms in total. The number of H-pyrrole nitrogens is 1. The molecule has 5 rings (SSSR count). The number of nitrogens with zero attached hydrogens (tertiary/aromatic N) is 1. The van der Waals surface area contributed by atoms with Crippen LogP contribution in [0.1, 0.15) is 42.0 Å². The van der Waals surface area contributed by atoms with E-state index in [9.17, 15) is 0 Å². The third-order valence-electron chi connectivity index (χ3n) is 6.16. The van der Waals surface area contributed by atoms with Crippen molar-refractivity contribution in [1.29, 1.82) is 0 Å². The largest absolute Gasteiger partial charge is 0.489 e. The number of rotatable bonds is 6. The Hall–Kier alpha value is -3.04. The average molecular weight is 397 g/mol. The van der Waals surface area contributed by atoms with Crippen molar-refractivity contribution in [3.05, 3.63) is 102 Å². The van der Waals surface area contributed by atoms with Gasteiger partial charge in [0.05, 0.1) is 0 Å². The van der Waals surface area contributed by atoms with Gasteiger partial charge in [-0.25, -0.2) is 0 Å². The number of aromatic nitrogens is 1. The van der Waals surface area contributed by atoms with Crippen molar-refractivity contribution in [2.75, 3.05) is 6.54 Å². The lowest BCUT2D eigenvalue weighted by molar-refractivity contribution is 0.141. The van der Waals surface area contributed by atoms with E-state index in [4.69, 9.17) is 4.74 Å². The van der Waals surface area contributed by atoms with Gasteiger partial charge in [-0.3, -0.25) is 4.90 Å². The first kappa shape index (κ1) is 19.0. The summed E-state index contributed by atoms with van der Waals surface area (Å²) in [4.78, 5) is 6.09. The van der Waals surface area contributed by atoms with Gasteiger partial charge in [0.25, 0.3) is 0 Å². The summed E-state index contributed by atoms with van der Waals surface area (Å²) >= 11 is 0. The maximum atomic E-state index is 6.08. The average Bonchev–Trinajstić information content (AvgIpc) is 3.21. The van der Waals surface area contributed by atoms with Gasteiger partial charge in [-0.2, -0.15) is 0 Å². The molecule has 1 atom stereocenters. The molecule has 0 saturated carbocycles. The van der Waals surface area contributed by atoms with Crippen LogP contribution in [-0.4, -0.2) is 16.4 Å². The van der Waals surface area contributed by atoms with Gasteiger partial charge in [0.15, 0.2) is 0 Å². The zero-order valence-corrected chi connectivity index (χ0v) is 17.3. The predicted octanol–water partition coefficient (Wildman–Crippen LogP) is 6.47. The summed E-state index contributed by atoms with van der Waals surface area (Å²) in [6.45, 7) is 2.70. The maximum absolute atomic E-state index is 6.08. The molecule has 0 spiro atoms. The monoisotopic (exact) mass is 396 g/mol. The normalized spacial score (nSPS) is 17.3. The number of fused-ring (bicyclic) bond motifs is 1. The highest BCUT2D eigenvalue weighted by Crippen LogP contribution is 2.34. The van der Waals surface area contributed by atoms with E-state index < -0.39 is 0 Å². The second-order valence-corrected chi connectivity index (χ2v) is 8.19. The quantitative estimate of drug-likeness (QED) is 0.404. The van der Waals surface area contributed by atoms with Crippen molar-refractivity contribution in [3.8, 4) is 5.75 Å². The zero-order valence-electron chi connectivity index (χ0n) is 17.3. The Morgan fingerprint density at radius 2 is 1.70 bits per heavy atom. The summed E-state index contributed by atoms with van der Waals surface area (Å²) in [6.07, 6.45) is 5.98. The van der Waals surface area contributed by atoms with E-state index in [1.54, 1.807) is 0 Å². The first-order chi connectivity index (χ1) is 14.9. The van der Waals surface area contributed by atoms with Crippen LogP contribution in [0.5, 0.6) is 5.75 Å². The summed E-state index contributed by atoms with van der Waals surface area (Å²) in [5, 5.41) is 1.26. The van der Waals surface area contributed by atoms with E-state index in [0.717, 1.165) is 18.8 Å². The lowest BCUT2D eigenvalue weighted by Gasteiger charge is -2.36. The number of hydrogen-bond donors (Lipinski definition) is 1. The van der Waals surface area contributed by atoms with Crippen LogP contribution in [0.4, 0.5) is 0 Å². The van der Waals surface area contributed by atoms with Gasteiger partial charge in [-0.1, -0.05) is 67.1 Å². The molecule has 30 heavy (non-hydrogen) atoms. The van der Waals surface area contributed by atoms with Gasteiger partial charge < -0.3 is 9.72 Å². The fourth-order valence-corrected chi connectivity index (χ4v) is 4.57. The molecule has 0 amide bonds. The first-order valence-corrected chi connectivity index (χ1v) is 10.9. The minimum atomic E-state index is 0.502. The molecule has 1 N–H and O–H groups in total. The molecule has 0 radical (unpaired) electrons. The second kappa shape index (κ2) is 8.76. The number of nitrogens with one attached hydrogen (secondary N) is 1. The molecule has 1 aliphatic heterocycles. The molecule has 3 heteroatoms. The standard InChI is InChI=1S/C27H28N2O/c1-3-9-21(10-4-1)20-30-24-14-15-26-25(17-24)23(18-28-26)19-29-16-8-7-13-27(29)22-11-5-2-6-12-22/h1-6,9-12,14-15,17-18,27-28H,7-8,13,16,19-20H2. The van der Waals surface area contributed by atoms with Crippen LogP contribution in [0.3, 0.4) is 0 Å². The lowest BCUT2D eigenvalue weighted by Crippen LogP contribution is -2.32. The fraction of sp³-hybridized carbons (Fsp3) is 0.259. The van der Waals surface area contributed by atoms with Crippen LogP contribution in [0.15, 0.2) is 85.1 Å². The minimum absolute atomic E-state index is 0.502. The van der Waals surface area contributed by atoms with Crippen LogP contribution in [-0.2, 0) is 13.2 Å². The van der Waals surface area contributed by atoms with E-state index in [0.29, 0.717) is 12.6 Å². The first-order valence-electron chi connectivity index (χ1n) is 10.9. The molecule has 1 aromatic heterocycles. The summed E-state index contributed by atoms with van der Waals surface area (Å²) in [5.41, 5.74) is 5.14. The van der Waals surface area contributed by atoms with E-state index in [2.05, 4.69) is 76.7 Å². The van der Waals surface area contributed by atoms with Crippen molar-refractivity contribution >= 4 is 10.9 Å². The van der Waals surface area contributed by atoms with Gasteiger partial charge in [0, 0.05) is 29.7 Å². The van der Waals surface area contributed by atoms with Gasteiger partial charge >= 0.3 is 0 Å². The molecule has 1 unspecified atom stereocenters. The summed E-state index contributed by atoms with van der Waals surface area (Å²) < 4.78 is 6.08. The van der Waals surface area contributed by atoms with Crippen molar-refractivity contribution in [1.82, 2.24) is 9.88 Å². The van der Waals surface area contributed by atoms with E-state index in [1.165, 1.54) is 46.9 Å². The maximum Gasteiger partial charge on any atom is 0.120 e. The molecule has 0 bridgehead atoms. The van der Waals surface area contributed by atoms with Gasteiger partial charge in [-0.15, -0.1) is 0 Å². The van der Waals surface area contributed by atoms with Crippen LogP contribution in [0.2, 0.25) is 0 Å². The van der Waals surface area contributed by atoms with Crippen LogP contribution < -0.4 is 4.74 Å². The van der Waals surface area contributed by atoms with E-state index in [1.807, 2.05) is 18.2 Å².